The summed E-state index contributed by atoms with van der Waals surface area (Å²) in [7, 11) is 0. The highest BCUT2D eigenvalue weighted by molar-refractivity contribution is 6.31. The summed E-state index contributed by atoms with van der Waals surface area (Å²) in [5.74, 6) is -0.317. The lowest BCUT2D eigenvalue weighted by atomic mass is 10.0. The van der Waals surface area contributed by atoms with Crippen molar-refractivity contribution in [1.82, 2.24) is 0 Å². The van der Waals surface area contributed by atoms with Gasteiger partial charge in [0.1, 0.15) is 5.83 Å². The van der Waals surface area contributed by atoms with E-state index in [2.05, 4.69) is 13.2 Å². The Morgan fingerprint density at radius 3 is 2.00 bits per heavy atom. The molecule has 0 amide bonds. The monoisotopic (exact) mass is 174 g/mol. The maximum atomic E-state index is 12.3. The fourth-order valence-corrected chi connectivity index (χ4v) is 1.000. The van der Waals surface area contributed by atoms with Crippen LogP contribution in [0.1, 0.15) is 13.8 Å². The van der Waals surface area contributed by atoms with E-state index in [1.54, 1.807) is 0 Å². The molecule has 0 bridgehead atoms. The quantitative estimate of drug-likeness (QED) is 0.571. The zero-order valence-electron chi connectivity index (χ0n) is 6.82. The first-order valence-corrected chi connectivity index (χ1v) is 3.73. The second kappa shape index (κ2) is 4.35. The van der Waals surface area contributed by atoms with Gasteiger partial charge in [-0.15, -0.1) is 0 Å². The fraction of sp³-hybridized carbons (Fsp3) is 0.333. The van der Waals surface area contributed by atoms with Crippen LogP contribution in [0, 0.1) is 5.92 Å². The van der Waals surface area contributed by atoms with Crippen LogP contribution in [0.25, 0.3) is 0 Å². The molecule has 0 saturated carbocycles. The molecule has 0 heterocycles. The molecule has 0 spiro atoms. The summed E-state index contributed by atoms with van der Waals surface area (Å²) in [6, 6.07) is 0. The second-order valence-electron chi connectivity index (χ2n) is 2.61. The van der Waals surface area contributed by atoms with E-state index in [-0.39, 0.29) is 5.92 Å². The van der Waals surface area contributed by atoms with E-state index in [1.807, 2.05) is 13.8 Å². The summed E-state index contributed by atoms with van der Waals surface area (Å²) < 4.78 is 12.3. The summed E-state index contributed by atoms with van der Waals surface area (Å²) in [6.45, 7) is 10.5. The predicted molar refractivity (Wildman–Crippen MR) is 48.2 cm³/mol. The van der Waals surface area contributed by atoms with Crippen LogP contribution in [0.3, 0.4) is 0 Å². The topological polar surface area (TPSA) is 0 Å². The van der Waals surface area contributed by atoms with Crippen molar-refractivity contribution in [3.63, 3.8) is 0 Å². The molecular weight excluding hydrogens is 163 g/mol. The Morgan fingerprint density at radius 1 is 1.45 bits per heavy atom. The number of hydrogen-bond donors (Lipinski definition) is 0. The molecule has 0 N–H and O–H groups in total. The number of hydrogen-bond acceptors (Lipinski definition) is 0. The summed E-state index contributed by atoms with van der Waals surface area (Å²) >= 11 is 5.61. The van der Waals surface area contributed by atoms with Gasteiger partial charge in [0.2, 0.25) is 0 Å². The fourth-order valence-electron chi connectivity index (χ4n) is 0.727. The van der Waals surface area contributed by atoms with E-state index >= 15 is 0 Å². The van der Waals surface area contributed by atoms with Gasteiger partial charge >= 0.3 is 0 Å². The van der Waals surface area contributed by atoms with Gasteiger partial charge in [0.15, 0.2) is 0 Å². The van der Waals surface area contributed by atoms with Crippen LogP contribution in [0.2, 0.25) is 0 Å². The minimum Gasteiger partial charge on any atom is -0.208 e. The van der Waals surface area contributed by atoms with Gasteiger partial charge in [0.25, 0.3) is 0 Å². The van der Waals surface area contributed by atoms with E-state index < -0.39 is 5.83 Å². The molecule has 0 unspecified atom stereocenters. The Balaban J connectivity index is 4.60. The van der Waals surface area contributed by atoms with Crippen LogP contribution in [0.5, 0.6) is 0 Å². The van der Waals surface area contributed by atoms with E-state index in [0.29, 0.717) is 10.6 Å². The number of halogens is 2. The molecule has 0 atom stereocenters. The summed E-state index contributed by atoms with van der Waals surface area (Å²) in [5.41, 5.74) is 0.694. The molecular formula is C9H12ClF. The first kappa shape index (κ1) is 10.4. The van der Waals surface area contributed by atoms with Crippen molar-refractivity contribution in [2.24, 2.45) is 5.92 Å². The maximum Gasteiger partial charge on any atom is 0.116 e. The van der Waals surface area contributed by atoms with Gasteiger partial charge in [-0.2, -0.15) is 0 Å². The minimum atomic E-state index is -0.490. The third-order valence-electron chi connectivity index (χ3n) is 1.25. The molecule has 0 radical (unpaired) electrons. The van der Waals surface area contributed by atoms with Crippen LogP contribution < -0.4 is 0 Å². The standard InChI is InChI=1S/C9H12ClF/c1-6(2)9(8(4)10)5-7(3)11/h5-6H,3-4H2,1-2H3/b9-5-. The zero-order valence-corrected chi connectivity index (χ0v) is 7.58. The Morgan fingerprint density at radius 2 is 1.91 bits per heavy atom. The maximum absolute atomic E-state index is 12.3. The van der Waals surface area contributed by atoms with E-state index in [0.717, 1.165) is 0 Å². The van der Waals surface area contributed by atoms with E-state index in [1.165, 1.54) is 6.08 Å². The normalized spacial score (nSPS) is 11.9. The van der Waals surface area contributed by atoms with E-state index in [9.17, 15) is 4.39 Å². The molecule has 0 aliphatic carbocycles. The highest BCUT2D eigenvalue weighted by Crippen LogP contribution is 2.22. The van der Waals surface area contributed by atoms with Gasteiger partial charge in [-0.25, -0.2) is 4.39 Å². The average Bonchev–Trinajstić information content (AvgIpc) is 1.81. The van der Waals surface area contributed by atoms with Crippen molar-refractivity contribution in [3.8, 4) is 0 Å². The Labute approximate surface area is 72.1 Å². The highest BCUT2D eigenvalue weighted by Gasteiger charge is 2.05. The second-order valence-corrected chi connectivity index (χ2v) is 3.06. The summed E-state index contributed by atoms with van der Waals surface area (Å²) in [6.07, 6.45) is 1.31. The summed E-state index contributed by atoms with van der Waals surface area (Å²) in [4.78, 5) is 0. The molecule has 0 aromatic rings. The molecule has 0 saturated heterocycles. The summed E-state index contributed by atoms with van der Waals surface area (Å²) in [5, 5.41) is 0.374. The molecule has 0 nitrogen and oxygen atoms in total. The zero-order chi connectivity index (χ0) is 9.02. The number of allylic oxidation sites excluding steroid dienone is 4. The molecule has 0 rings (SSSR count). The molecule has 0 aliphatic heterocycles. The van der Waals surface area contributed by atoms with Gasteiger partial charge in [-0.05, 0) is 17.6 Å². The molecule has 0 aliphatic rings. The van der Waals surface area contributed by atoms with Crippen LogP contribution in [0.4, 0.5) is 4.39 Å². The lowest BCUT2D eigenvalue weighted by molar-refractivity contribution is 0.663. The molecule has 11 heavy (non-hydrogen) atoms. The Bertz CT molecular complexity index is 202. The largest absolute Gasteiger partial charge is 0.208 e. The Hall–Kier alpha value is -0.560. The Kier molecular flexibility index (Phi) is 4.12. The molecule has 0 aromatic carbocycles. The molecule has 0 fully saturated rings. The van der Waals surface area contributed by atoms with Crippen LogP contribution in [-0.4, -0.2) is 0 Å². The van der Waals surface area contributed by atoms with Gasteiger partial charge in [0.05, 0.1) is 0 Å². The SMILES string of the molecule is C=C(F)/C=C(\C(=C)Cl)C(C)C. The van der Waals surface area contributed by atoms with Gasteiger partial charge in [-0.3, -0.25) is 0 Å². The minimum absolute atomic E-state index is 0.174. The van der Waals surface area contributed by atoms with Crippen LogP contribution in [-0.2, 0) is 0 Å². The van der Waals surface area contributed by atoms with Crippen molar-refractivity contribution < 1.29 is 4.39 Å². The highest BCUT2D eigenvalue weighted by atomic mass is 35.5. The third kappa shape index (κ3) is 3.99. The molecule has 2 heteroatoms. The average molecular weight is 175 g/mol. The molecule has 0 aromatic heterocycles. The van der Waals surface area contributed by atoms with Crippen molar-refractivity contribution in [2.75, 3.05) is 0 Å². The van der Waals surface area contributed by atoms with Crippen LogP contribution >= 0.6 is 11.6 Å². The van der Waals surface area contributed by atoms with Gasteiger partial charge < -0.3 is 0 Å². The predicted octanol–water partition coefficient (Wildman–Crippen LogP) is 3.80. The lowest BCUT2D eigenvalue weighted by Gasteiger charge is -2.07. The third-order valence-corrected chi connectivity index (χ3v) is 1.47. The number of rotatable bonds is 3. The first-order chi connectivity index (χ1) is 4.95. The van der Waals surface area contributed by atoms with E-state index in [4.69, 9.17) is 11.6 Å². The first-order valence-electron chi connectivity index (χ1n) is 3.36. The van der Waals surface area contributed by atoms with Crippen molar-refractivity contribution in [1.29, 1.82) is 0 Å². The van der Waals surface area contributed by atoms with Gasteiger partial charge in [-0.1, -0.05) is 38.6 Å². The van der Waals surface area contributed by atoms with Crippen molar-refractivity contribution in [3.05, 3.63) is 35.7 Å². The van der Waals surface area contributed by atoms with Crippen LogP contribution in [0.15, 0.2) is 35.7 Å². The lowest BCUT2D eigenvalue weighted by Crippen LogP contribution is -1.93. The molecule has 62 valence electrons. The van der Waals surface area contributed by atoms with Crippen molar-refractivity contribution in [2.45, 2.75) is 13.8 Å². The van der Waals surface area contributed by atoms with Gasteiger partial charge in [0, 0.05) is 5.03 Å². The van der Waals surface area contributed by atoms with Crippen molar-refractivity contribution >= 4 is 11.6 Å². The smallest absolute Gasteiger partial charge is 0.116 e.